The van der Waals surface area contributed by atoms with Crippen molar-refractivity contribution in [3.8, 4) is 0 Å². The summed E-state index contributed by atoms with van der Waals surface area (Å²) in [6.45, 7) is 6.82. The van der Waals surface area contributed by atoms with Crippen molar-refractivity contribution >= 4 is 41.5 Å². The van der Waals surface area contributed by atoms with Gasteiger partial charge in [0, 0.05) is 65.5 Å². The molecule has 0 aromatic carbocycles. The summed E-state index contributed by atoms with van der Waals surface area (Å²) in [6.07, 6.45) is 7.38. The monoisotopic (exact) mass is 554 g/mol. The molecule has 2 aromatic heterocycles. The smallest absolute Gasteiger partial charge is 0.236 e. The van der Waals surface area contributed by atoms with E-state index in [9.17, 15) is 4.79 Å². The van der Waals surface area contributed by atoms with E-state index < -0.39 is 0 Å². The van der Waals surface area contributed by atoms with Crippen molar-refractivity contribution in [3.63, 3.8) is 0 Å². The van der Waals surface area contributed by atoms with Crippen LogP contribution in [0.3, 0.4) is 0 Å². The van der Waals surface area contributed by atoms with Crippen molar-refractivity contribution in [3.05, 3.63) is 30.2 Å². The lowest BCUT2D eigenvalue weighted by molar-refractivity contribution is -0.133. The van der Waals surface area contributed by atoms with Gasteiger partial charge in [-0.2, -0.15) is 0 Å². The molecule has 2 fully saturated rings. The fraction of sp³-hybridized carbons (Fsp3) is 0.636. The largest absolute Gasteiger partial charge is 0.356 e. The molecule has 0 atom stereocenters. The molecule has 2 aliphatic heterocycles. The first kappa shape index (κ1) is 24.7. The number of fused-ring (bicyclic) bond motifs is 1. The SMILES string of the molecule is CN=C(NCCCc1nnc2ccccn12)N1CCN(CC(=O)N2CCCCC2)CC1.I. The maximum atomic E-state index is 12.5. The third-order valence-electron chi connectivity index (χ3n) is 6.20. The minimum Gasteiger partial charge on any atom is -0.356 e. The third kappa shape index (κ3) is 6.31. The predicted molar refractivity (Wildman–Crippen MR) is 137 cm³/mol. The van der Waals surface area contributed by atoms with E-state index >= 15 is 0 Å². The molecule has 10 heteroatoms. The molecule has 2 saturated heterocycles. The molecular formula is C22H35IN8O. The highest BCUT2D eigenvalue weighted by Gasteiger charge is 2.24. The van der Waals surface area contributed by atoms with Crippen LogP contribution in [0.4, 0.5) is 0 Å². The van der Waals surface area contributed by atoms with E-state index in [-0.39, 0.29) is 29.9 Å². The Hall–Kier alpha value is -1.95. The van der Waals surface area contributed by atoms with Gasteiger partial charge in [0.2, 0.25) is 5.91 Å². The molecule has 4 rings (SSSR count). The second kappa shape index (κ2) is 12.3. The van der Waals surface area contributed by atoms with Crippen molar-refractivity contribution in [2.24, 2.45) is 4.99 Å². The lowest BCUT2D eigenvalue weighted by Gasteiger charge is -2.37. The number of likely N-dealkylation sites (tertiary alicyclic amines) is 1. The van der Waals surface area contributed by atoms with E-state index in [1.54, 1.807) is 0 Å². The van der Waals surface area contributed by atoms with Crippen molar-refractivity contribution in [2.75, 3.05) is 59.4 Å². The zero-order chi connectivity index (χ0) is 21.5. The summed E-state index contributed by atoms with van der Waals surface area (Å²) in [6, 6.07) is 5.94. The van der Waals surface area contributed by atoms with Crippen LogP contribution in [0.2, 0.25) is 0 Å². The number of pyridine rings is 1. The number of hydrogen-bond acceptors (Lipinski definition) is 5. The van der Waals surface area contributed by atoms with E-state index in [0.29, 0.717) is 6.54 Å². The number of piperazine rings is 1. The Bertz CT molecular complexity index is 887. The maximum absolute atomic E-state index is 12.5. The minimum atomic E-state index is 0. The Balaban J connectivity index is 0.00000289. The van der Waals surface area contributed by atoms with Crippen LogP contribution in [0.25, 0.3) is 5.65 Å². The predicted octanol–water partition coefficient (Wildman–Crippen LogP) is 1.49. The Morgan fingerprint density at radius 3 is 2.56 bits per heavy atom. The summed E-state index contributed by atoms with van der Waals surface area (Å²) in [5.41, 5.74) is 0.887. The molecule has 0 aliphatic carbocycles. The van der Waals surface area contributed by atoms with Crippen molar-refractivity contribution in [1.29, 1.82) is 0 Å². The van der Waals surface area contributed by atoms with E-state index in [2.05, 4.69) is 30.3 Å². The third-order valence-corrected chi connectivity index (χ3v) is 6.20. The second-order valence-electron chi connectivity index (χ2n) is 8.33. The molecule has 1 N–H and O–H groups in total. The number of aromatic nitrogens is 3. The summed E-state index contributed by atoms with van der Waals surface area (Å²) in [4.78, 5) is 23.6. The van der Waals surface area contributed by atoms with Crippen LogP contribution in [0.1, 0.15) is 31.5 Å². The second-order valence-corrected chi connectivity index (χ2v) is 8.33. The first-order valence-electron chi connectivity index (χ1n) is 11.5. The van der Waals surface area contributed by atoms with Crippen molar-refractivity contribution < 1.29 is 4.79 Å². The molecule has 4 heterocycles. The van der Waals surface area contributed by atoms with E-state index in [1.165, 1.54) is 6.42 Å². The molecule has 0 saturated carbocycles. The Morgan fingerprint density at radius 2 is 1.81 bits per heavy atom. The standard InChI is InChI=1S/C22H34N8O.HI/c1-23-22(24-10-7-9-20-26-25-19-8-3-6-13-30(19)20)29-16-14-27(15-17-29)18-21(31)28-11-4-2-5-12-28;/h3,6,8,13H,2,4-5,7,9-12,14-18H2,1H3,(H,23,24);1H. The highest BCUT2D eigenvalue weighted by atomic mass is 127. The fourth-order valence-corrected chi connectivity index (χ4v) is 4.39. The van der Waals surface area contributed by atoms with Crippen LogP contribution in [0.5, 0.6) is 0 Å². The van der Waals surface area contributed by atoms with Gasteiger partial charge >= 0.3 is 0 Å². The number of guanidine groups is 1. The van der Waals surface area contributed by atoms with Crippen LogP contribution in [-0.4, -0.2) is 101 Å². The normalized spacial score (nSPS) is 18.0. The van der Waals surface area contributed by atoms with Gasteiger partial charge in [-0.15, -0.1) is 34.2 Å². The van der Waals surface area contributed by atoms with Gasteiger partial charge < -0.3 is 15.1 Å². The average molecular weight is 554 g/mol. The van der Waals surface area contributed by atoms with Gasteiger partial charge in [-0.1, -0.05) is 6.07 Å². The molecule has 1 amide bonds. The highest BCUT2D eigenvalue weighted by Crippen LogP contribution is 2.10. The summed E-state index contributed by atoms with van der Waals surface area (Å²) in [7, 11) is 1.83. The van der Waals surface area contributed by atoms with Gasteiger partial charge in [0.1, 0.15) is 5.82 Å². The van der Waals surface area contributed by atoms with Crippen molar-refractivity contribution in [2.45, 2.75) is 32.1 Å². The van der Waals surface area contributed by atoms with Gasteiger partial charge in [0.25, 0.3) is 0 Å². The Labute approximate surface area is 207 Å². The van der Waals surface area contributed by atoms with Crippen molar-refractivity contribution in [1.82, 2.24) is 34.6 Å². The number of amides is 1. The van der Waals surface area contributed by atoms with Crippen LogP contribution < -0.4 is 5.32 Å². The molecule has 0 unspecified atom stereocenters. The molecule has 9 nitrogen and oxygen atoms in total. The van der Waals surface area contributed by atoms with Gasteiger partial charge in [0.15, 0.2) is 11.6 Å². The molecule has 0 spiro atoms. The number of hydrogen-bond donors (Lipinski definition) is 1. The van der Waals surface area contributed by atoms with Gasteiger partial charge in [-0.05, 0) is 37.8 Å². The average Bonchev–Trinajstić information content (AvgIpc) is 3.23. The fourth-order valence-electron chi connectivity index (χ4n) is 4.39. The van der Waals surface area contributed by atoms with Crippen LogP contribution >= 0.6 is 24.0 Å². The molecule has 32 heavy (non-hydrogen) atoms. The van der Waals surface area contributed by atoms with E-state index in [4.69, 9.17) is 0 Å². The van der Waals surface area contributed by atoms with Gasteiger partial charge in [0.05, 0.1) is 6.54 Å². The van der Waals surface area contributed by atoms with E-state index in [0.717, 1.165) is 88.9 Å². The van der Waals surface area contributed by atoms with Gasteiger partial charge in [-0.3, -0.25) is 19.1 Å². The Morgan fingerprint density at radius 1 is 1.03 bits per heavy atom. The molecule has 0 bridgehead atoms. The molecule has 2 aromatic rings. The minimum absolute atomic E-state index is 0. The molecule has 0 radical (unpaired) electrons. The molecule has 2 aliphatic rings. The summed E-state index contributed by atoms with van der Waals surface area (Å²) >= 11 is 0. The number of nitrogens with zero attached hydrogens (tertiary/aromatic N) is 7. The number of rotatable bonds is 6. The number of halogens is 1. The number of aryl methyl sites for hydroxylation is 1. The zero-order valence-corrected chi connectivity index (χ0v) is 21.3. The highest BCUT2D eigenvalue weighted by molar-refractivity contribution is 14.0. The number of carbonyl (C=O) groups excluding carboxylic acids is 1. The number of aliphatic imine (C=N–C) groups is 1. The summed E-state index contributed by atoms with van der Waals surface area (Å²) in [5, 5.41) is 12.0. The maximum Gasteiger partial charge on any atom is 0.236 e. The first-order chi connectivity index (χ1) is 15.2. The Kier molecular flexibility index (Phi) is 9.51. The summed E-state index contributed by atoms with van der Waals surface area (Å²) in [5.74, 6) is 2.21. The lowest BCUT2D eigenvalue weighted by Crippen LogP contribution is -2.54. The first-order valence-corrected chi connectivity index (χ1v) is 11.5. The quantitative estimate of drug-likeness (QED) is 0.252. The molecular weight excluding hydrogens is 519 g/mol. The van der Waals surface area contributed by atoms with Gasteiger partial charge in [-0.25, -0.2) is 0 Å². The number of nitrogens with one attached hydrogen (secondary N) is 1. The lowest BCUT2D eigenvalue weighted by atomic mass is 10.1. The van der Waals surface area contributed by atoms with Crippen LogP contribution in [-0.2, 0) is 11.2 Å². The number of piperidine rings is 1. The van der Waals surface area contributed by atoms with E-state index in [1.807, 2.05) is 40.7 Å². The zero-order valence-electron chi connectivity index (χ0n) is 18.9. The van der Waals surface area contributed by atoms with Crippen LogP contribution in [0, 0.1) is 0 Å². The summed E-state index contributed by atoms with van der Waals surface area (Å²) < 4.78 is 2.04. The van der Waals surface area contributed by atoms with Crippen LogP contribution in [0.15, 0.2) is 29.4 Å². The number of carbonyl (C=O) groups is 1. The topological polar surface area (TPSA) is 81.4 Å². The molecule has 176 valence electrons.